The molecular formula is C18H36N2O. The standard InChI is InChI=1S/C18H36N2O/c1-15(2)13-21-11-7-10-20-14-18(8-5-6-9-18)19-12-17(20)16(3)4/h15-17,19H,5-14H2,1-4H3. The van der Waals surface area contributed by atoms with E-state index in [2.05, 4.69) is 37.9 Å². The molecule has 2 aliphatic rings. The van der Waals surface area contributed by atoms with Gasteiger partial charge in [0.1, 0.15) is 0 Å². The van der Waals surface area contributed by atoms with Gasteiger partial charge in [-0.1, -0.05) is 40.5 Å². The molecule has 1 spiro atoms. The number of hydrogen-bond donors (Lipinski definition) is 1. The minimum atomic E-state index is 0.435. The number of rotatable bonds is 7. The van der Waals surface area contributed by atoms with Crippen molar-refractivity contribution < 1.29 is 4.74 Å². The summed E-state index contributed by atoms with van der Waals surface area (Å²) in [6.45, 7) is 14.6. The summed E-state index contributed by atoms with van der Waals surface area (Å²) in [5.41, 5.74) is 0.435. The van der Waals surface area contributed by atoms with Crippen LogP contribution in [0.2, 0.25) is 0 Å². The van der Waals surface area contributed by atoms with E-state index in [1.807, 2.05) is 0 Å². The monoisotopic (exact) mass is 296 g/mol. The summed E-state index contributed by atoms with van der Waals surface area (Å²) < 4.78 is 5.76. The van der Waals surface area contributed by atoms with Gasteiger partial charge in [-0.3, -0.25) is 4.90 Å². The zero-order chi connectivity index (χ0) is 15.3. The van der Waals surface area contributed by atoms with Gasteiger partial charge in [0.25, 0.3) is 0 Å². The maximum Gasteiger partial charge on any atom is 0.0489 e. The Labute approximate surface area is 131 Å². The molecule has 1 unspecified atom stereocenters. The summed E-state index contributed by atoms with van der Waals surface area (Å²) in [5, 5.41) is 3.90. The average Bonchev–Trinajstić information content (AvgIpc) is 2.86. The Balaban J connectivity index is 1.80. The fraction of sp³-hybridized carbons (Fsp3) is 1.00. The maximum atomic E-state index is 5.76. The minimum Gasteiger partial charge on any atom is -0.381 e. The van der Waals surface area contributed by atoms with Crippen LogP contribution in [0, 0.1) is 11.8 Å². The SMILES string of the molecule is CC(C)COCCCN1CC2(CCCC2)NCC1C(C)C. The molecule has 1 saturated heterocycles. The van der Waals surface area contributed by atoms with Crippen LogP contribution in [0.3, 0.4) is 0 Å². The molecule has 21 heavy (non-hydrogen) atoms. The van der Waals surface area contributed by atoms with E-state index in [4.69, 9.17) is 4.74 Å². The molecule has 2 rings (SSSR count). The first-order valence-electron chi connectivity index (χ1n) is 9.09. The van der Waals surface area contributed by atoms with E-state index >= 15 is 0 Å². The van der Waals surface area contributed by atoms with Gasteiger partial charge >= 0.3 is 0 Å². The van der Waals surface area contributed by atoms with Crippen molar-refractivity contribution in [2.45, 2.75) is 71.4 Å². The Morgan fingerprint density at radius 1 is 1.19 bits per heavy atom. The Kier molecular flexibility index (Phi) is 6.51. The highest BCUT2D eigenvalue weighted by Crippen LogP contribution is 2.34. The molecule has 0 aromatic rings. The fourth-order valence-corrected chi connectivity index (χ4v) is 3.99. The van der Waals surface area contributed by atoms with Crippen molar-refractivity contribution in [2.24, 2.45) is 11.8 Å². The molecule has 1 saturated carbocycles. The average molecular weight is 296 g/mol. The molecule has 1 N–H and O–H groups in total. The molecule has 0 aromatic carbocycles. The van der Waals surface area contributed by atoms with E-state index in [1.54, 1.807) is 0 Å². The van der Waals surface area contributed by atoms with Crippen molar-refractivity contribution in [3.05, 3.63) is 0 Å². The van der Waals surface area contributed by atoms with E-state index in [1.165, 1.54) is 51.7 Å². The van der Waals surface area contributed by atoms with Crippen LogP contribution in [0.5, 0.6) is 0 Å². The molecular weight excluding hydrogens is 260 g/mol. The molecule has 3 heteroatoms. The molecule has 0 radical (unpaired) electrons. The first-order valence-corrected chi connectivity index (χ1v) is 9.09. The lowest BCUT2D eigenvalue weighted by Gasteiger charge is -2.48. The van der Waals surface area contributed by atoms with Gasteiger partial charge in [-0.2, -0.15) is 0 Å². The molecule has 0 amide bonds. The van der Waals surface area contributed by atoms with Gasteiger partial charge in [0.2, 0.25) is 0 Å². The molecule has 0 bridgehead atoms. The van der Waals surface area contributed by atoms with E-state index < -0.39 is 0 Å². The van der Waals surface area contributed by atoms with Gasteiger partial charge < -0.3 is 10.1 Å². The van der Waals surface area contributed by atoms with E-state index in [0.29, 0.717) is 17.5 Å². The number of nitrogens with one attached hydrogen (secondary N) is 1. The van der Waals surface area contributed by atoms with Crippen LogP contribution in [-0.2, 0) is 4.74 Å². The Morgan fingerprint density at radius 2 is 1.90 bits per heavy atom. The van der Waals surface area contributed by atoms with Gasteiger partial charge in [0.05, 0.1) is 0 Å². The first-order chi connectivity index (χ1) is 10.0. The van der Waals surface area contributed by atoms with E-state index in [0.717, 1.165) is 19.1 Å². The third-order valence-electron chi connectivity index (χ3n) is 5.18. The highest BCUT2D eigenvalue weighted by atomic mass is 16.5. The van der Waals surface area contributed by atoms with Gasteiger partial charge in [0.15, 0.2) is 0 Å². The molecule has 1 aliphatic heterocycles. The zero-order valence-electron chi connectivity index (χ0n) is 14.7. The van der Waals surface area contributed by atoms with Gasteiger partial charge in [-0.05, 0) is 31.1 Å². The Hall–Kier alpha value is -0.120. The summed E-state index contributed by atoms with van der Waals surface area (Å²) in [4.78, 5) is 2.76. The molecule has 1 atom stereocenters. The Bertz CT molecular complexity index is 298. The van der Waals surface area contributed by atoms with Crippen LogP contribution < -0.4 is 5.32 Å². The van der Waals surface area contributed by atoms with E-state index in [9.17, 15) is 0 Å². The van der Waals surface area contributed by atoms with Crippen molar-refractivity contribution in [1.82, 2.24) is 10.2 Å². The lowest BCUT2D eigenvalue weighted by atomic mass is 9.89. The van der Waals surface area contributed by atoms with Crippen LogP contribution >= 0.6 is 0 Å². The van der Waals surface area contributed by atoms with Crippen molar-refractivity contribution in [1.29, 1.82) is 0 Å². The predicted molar refractivity (Wildman–Crippen MR) is 89.7 cm³/mol. The third kappa shape index (κ3) is 4.94. The van der Waals surface area contributed by atoms with Crippen molar-refractivity contribution >= 4 is 0 Å². The van der Waals surface area contributed by atoms with Crippen LogP contribution in [0.4, 0.5) is 0 Å². The smallest absolute Gasteiger partial charge is 0.0489 e. The minimum absolute atomic E-state index is 0.435. The largest absolute Gasteiger partial charge is 0.381 e. The molecule has 124 valence electrons. The second kappa shape index (κ2) is 7.94. The van der Waals surface area contributed by atoms with Crippen LogP contribution in [-0.4, -0.2) is 49.3 Å². The molecule has 1 heterocycles. The van der Waals surface area contributed by atoms with Crippen molar-refractivity contribution in [3.63, 3.8) is 0 Å². The zero-order valence-corrected chi connectivity index (χ0v) is 14.7. The van der Waals surface area contributed by atoms with Gasteiger partial charge in [-0.25, -0.2) is 0 Å². The highest BCUT2D eigenvalue weighted by molar-refractivity contribution is 5.01. The summed E-state index contributed by atoms with van der Waals surface area (Å²) >= 11 is 0. The molecule has 3 nitrogen and oxygen atoms in total. The number of nitrogens with zero attached hydrogens (tertiary/aromatic N) is 1. The van der Waals surface area contributed by atoms with E-state index in [-0.39, 0.29) is 0 Å². The lowest BCUT2D eigenvalue weighted by molar-refractivity contribution is 0.0420. The highest BCUT2D eigenvalue weighted by Gasteiger charge is 2.41. The topological polar surface area (TPSA) is 24.5 Å². The number of hydrogen-bond acceptors (Lipinski definition) is 3. The lowest BCUT2D eigenvalue weighted by Crippen LogP contribution is -2.64. The van der Waals surface area contributed by atoms with Crippen LogP contribution in [0.1, 0.15) is 59.8 Å². The normalized spacial score (nSPS) is 26.3. The van der Waals surface area contributed by atoms with Crippen LogP contribution in [0.25, 0.3) is 0 Å². The number of ether oxygens (including phenoxy) is 1. The van der Waals surface area contributed by atoms with Crippen molar-refractivity contribution in [3.8, 4) is 0 Å². The summed E-state index contributed by atoms with van der Waals surface area (Å²) in [7, 11) is 0. The van der Waals surface area contributed by atoms with Crippen molar-refractivity contribution in [2.75, 3.05) is 32.8 Å². The fourth-order valence-electron chi connectivity index (χ4n) is 3.99. The number of piperazine rings is 1. The molecule has 2 fully saturated rings. The quantitative estimate of drug-likeness (QED) is 0.730. The van der Waals surface area contributed by atoms with Crippen LogP contribution in [0.15, 0.2) is 0 Å². The summed E-state index contributed by atoms with van der Waals surface area (Å²) in [6, 6.07) is 0.696. The summed E-state index contributed by atoms with van der Waals surface area (Å²) in [6.07, 6.45) is 6.73. The second-order valence-corrected chi connectivity index (χ2v) is 7.97. The second-order valence-electron chi connectivity index (χ2n) is 7.97. The predicted octanol–water partition coefficient (Wildman–Crippen LogP) is 3.29. The maximum absolute atomic E-state index is 5.76. The molecule has 1 aliphatic carbocycles. The summed E-state index contributed by atoms with van der Waals surface area (Å²) in [5.74, 6) is 1.38. The first kappa shape index (κ1) is 17.2. The van der Waals surface area contributed by atoms with Gasteiger partial charge in [0, 0.05) is 44.4 Å². The Morgan fingerprint density at radius 3 is 2.52 bits per heavy atom. The molecule has 0 aromatic heterocycles. The van der Waals surface area contributed by atoms with Gasteiger partial charge in [-0.15, -0.1) is 0 Å². The third-order valence-corrected chi connectivity index (χ3v) is 5.18.